The normalized spacial score (nSPS) is 10.4. The third kappa shape index (κ3) is 4.55. The van der Waals surface area contributed by atoms with Gasteiger partial charge in [-0.15, -0.1) is 0 Å². The van der Waals surface area contributed by atoms with Crippen LogP contribution in [0.3, 0.4) is 0 Å². The highest BCUT2D eigenvalue weighted by molar-refractivity contribution is 9.10. The van der Waals surface area contributed by atoms with Crippen molar-refractivity contribution in [2.45, 2.75) is 12.8 Å². The third-order valence-electron chi connectivity index (χ3n) is 2.88. The summed E-state index contributed by atoms with van der Waals surface area (Å²) in [5.41, 5.74) is 0.655. The molecule has 0 saturated carbocycles. The lowest BCUT2D eigenvalue weighted by atomic mass is 10.1. The summed E-state index contributed by atoms with van der Waals surface area (Å²) in [7, 11) is 0. The predicted molar refractivity (Wildman–Crippen MR) is 84.6 cm³/mol. The first-order valence-electron chi connectivity index (χ1n) is 6.43. The Hall–Kier alpha value is -1.39. The van der Waals surface area contributed by atoms with E-state index in [-0.39, 0.29) is 23.2 Å². The van der Waals surface area contributed by atoms with Crippen LogP contribution in [0.25, 0.3) is 0 Å². The largest absolute Gasteiger partial charge is 0.489 e. The van der Waals surface area contributed by atoms with Gasteiger partial charge in [-0.2, -0.15) is 0 Å². The van der Waals surface area contributed by atoms with Gasteiger partial charge in [0.2, 0.25) is 0 Å². The molecule has 0 saturated heterocycles. The van der Waals surface area contributed by atoms with Crippen molar-refractivity contribution in [1.82, 2.24) is 0 Å². The van der Waals surface area contributed by atoms with Crippen molar-refractivity contribution in [2.24, 2.45) is 0 Å². The fraction of sp³-hybridized carbons (Fsp3) is 0.188. The molecule has 0 radical (unpaired) electrons. The summed E-state index contributed by atoms with van der Waals surface area (Å²) in [6.07, 6.45) is 0.841. The summed E-state index contributed by atoms with van der Waals surface area (Å²) in [4.78, 5) is 11.9. The maximum absolute atomic E-state index is 13.5. The van der Waals surface area contributed by atoms with Crippen LogP contribution in [0.2, 0.25) is 5.02 Å². The van der Waals surface area contributed by atoms with Gasteiger partial charge in [0, 0.05) is 16.5 Å². The number of ketones is 1. The maximum atomic E-state index is 13.5. The highest BCUT2D eigenvalue weighted by Gasteiger charge is 2.09. The molecule has 0 bridgehead atoms. The molecule has 0 aromatic heterocycles. The molecule has 0 amide bonds. The van der Waals surface area contributed by atoms with Gasteiger partial charge >= 0.3 is 0 Å². The highest BCUT2D eigenvalue weighted by Crippen LogP contribution is 2.27. The minimum Gasteiger partial charge on any atom is -0.489 e. The first kappa shape index (κ1) is 16.0. The van der Waals surface area contributed by atoms with Crippen LogP contribution in [0.4, 0.5) is 4.39 Å². The van der Waals surface area contributed by atoms with Crippen molar-refractivity contribution < 1.29 is 13.9 Å². The lowest BCUT2D eigenvalue weighted by Crippen LogP contribution is -2.05. The van der Waals surface area contributed by atoms with Gasteiger partial charge in [0.05, 0.1) is 11.6 Å². The van der Waals surface area contributed by atoms with Crippen molar-refractivity contribution in [1.29, 1.82) is 0 Å². The molecule has 0 aliphatic rings. The van der Waals surface area contributed by atoms with Gasteiger partial charge < -0.3 is 4.74 Å². The Balaban J connectivity index is 1.82. The number of benzene rings is 2. The van der Waals surface area contributed by atoms with Crippen molar-refractivity contribution in [2.75, 3.05) is 6.61 Å². The Kier molecular flexibility index (Phi) is 5.76. The topological polar surface area (TPSA) is 26.3 Å². The minimum atomic E-state index is -0.498. The lowest BCUT2D eigenvalue weighted by Gasteiger charge is -2.08. The van der Waals surface area contributed by atoms with E-state index >= 15 is 0 Å². The molecule has 0 fully saturated rings. The van der Waals surface area contributed by atoms with Crippen molar-refractivity contribution in [3.8, 4) is 5.75 Å². The Bertz CT molecular complexity index is 608. The molecule has 2 aromatic rings. The first-order valence-corrected chi connectivity index (χ1v) is 7.60. The second-order valence-electron chi connectivity index (χ2n) is 4.43. The number of rotatable bonds is 6. The van der Waals surface area contributed by atoms with Crippen LogP contribution in [0.1, 0.15) is 23.2 Å². The number of hydrogen-bond acceptors (Lipinski definition) is 2. The SMILES string of the molecule is O=C(CCCOc1c(F)cccc1Cl)c1ccc(Br)cc1. The summed E-state index contributed by atoms with van der Waals surface area (Å²) < 4.78 is 19.7. The molecule has 0 aliphatic carbocycles. The number of carbonyl (C=O) groups is 1. The van der Waals surface area contributed by atoms with E-state index in [4.69, 9.17) is 16.3 Å². The summed E-state index contributed by atoms with van der Waals surface area (Å²) in [6, 6.07) is 11.5. The van der Waals surface area contributed by atoms with E-state index in [9.17, 15) is 9.18 Å². The molecule has 21 heavy (non-hydrogen) atoms. The highest BCUT2D eigenvalue weighted by atomic mass is 79.9. The van der Waals surface area contributed by atoms with Gasteiger partial charge in [-0.1, -0.05) is 45.7 Å². The predicted octanol–water partition coefficient (Wildman–Crippen LogP) is 5.28. The Labute approximate surface area is 136 Å². The van der Waals surface area contributed by atoms with E-state index in [1.165, 1.54) is 12.1 Å². The van der Waals surface area contributed by atoms with Crippen LogP contribution in [0.5, 0.6) is 5.75 Å². The van der Waals surface area contributed by atoms with Crippen LogP contribution in [0, 0.1) is 5.82 Å². The molecule has 0 spiro atoms. The van der Waals surface area contributed by atoms with Crippen molar-refractivity contribution >= 4 is 33.3 Å². The summed E-state index contributed by atoms with van der Waals surface area (Å²) >= 11 is 9.16. The Morgan fingerprint density at radius 3 is 2.57 bits per heavy atom. The fourth-order valence-electron chi connectivity index (χ4n) is 1.81. The number of hydrogen-bond donors (Lipinski definition) is 0. The average molecular weight is 372 g/mol. The van der Waals surface area contributed by atoms with Gasteiger partial charge in [0.15, 0.2) is 17.3 Å². The molecule has 110 valence electrons. The number of carbonyl (C=O) groups excluding carboxylic acids is 1. The van der Waals surface area contributed by atoms with E-state index in [2.05, 4.69) is 15.9 Å². The molecule has 0 N–H and O–H groups in total. The van der Waals surface area contributed by atoms with Gasteiger partial charge in [-0.25, -0.2) is 4.39 Å². The lowest BCUT2D eigenvalue weighted by molar-refractivity contribution is 0.0973. The fourth-order valence-corrected chi connectivity index (χ4v) is 2.29. The first-order chi connectivity index (χ1) is 10.1. The van der Waals surface area contributed by atoms with E-state index in [1.54, 1.807) is 18.2 Å². The van der Waals surface area contributed by atoms with E-state index < -0.39 is 5.82 Å². The smallest absolute Gasteiger partial charge is 0.173 e. The number of para-hydroxylation sites is 1. The standard InChI is InChI=1S/C16H13BrClFO2/c17-12-8-6-11(7-9-12)15(20)5-2-10-21-16-13(18)3-1-4-14(16)19/h1,3-4,6-9H,2,5,10H2. The summed E-state index contributed by atoms with van der Waals surface area (Å²) in [6.45, 7) is 0.239. The number of Topliss-reactive ketones (excluding diaryl/α,β-unsaturated/α-hetero) is 1. The van der Waals surface area contributed by atoms with Crippen LogP contribution in [0.15, 0.2) is 46.9 Å². The van der Waals surface area contributed by atoms with Gasteiger partial charge in [0.1, 0.15) is 0 Å². The van der Waals surface area contributed by atoms with E-state index in [0.29, 0.717) is 18.4 Å². The number of halogens is 3. The van der Waals surface area contributed by atoms with Gasteiger partial charge in [0.25, 0.3) is 0 Å². The molecule has 0 heterocycles. The monoisotopic (exact) mass is 370 g/mol. The molecule has 2 nitrogen and oxygen atoms in total. The third-order valence-corrected chi connectivity index (χ3v) is 3.71. The van der Waals surface area contributed by atoms with Crippen molar-refractivity contribution in [3.05, 3.63) is 63.3 Å². The molecular formula is C16H13BrClFO2. The van der Waals surface area contributed by atoms with Crippen LogP contribution >= 0.6 is 27.5 Å². The molecule has 5 heteroatoms. The summed E-state index contributed by atoms with van der Waals surface area (Å²) in [5, 5.41) is 0.231. The zero-order valence-corrected chi connectivity index (χ0v) is 13.5. The average Bonchev–Trinajstić information content (AvgIpc) is 2.46. The summed E-state index contributed by atoms with van der Waals surface area (Å²) in [5.74, 6) is -0.428. The molecule has 0 atom stereocenters. The maximum Gasteiger partial charge on any atom is 0.173 e. The number of ether oxygens (including phenoxy) is 1. The van der Waals surface area contributed by atoms with Crippen LogP contribution in [-0.4, -0.2) is 12.4 Å². The van der Waals surface area contributed by atoms with Crippen molar-refractivity contribution in [3.63, 3.8) is 0 Å². The second kappa shape index (κ2) is 7.57. The van der Waals surface area contributed by atoms with Crippen LogP contribution < -0.4 is 4.74 Å². The molecule has 2 aromatic carbocycles. The van der Waals surface area contributed by atoms with Gasteiger partial charge in [-0.3, -0.25) is 4.79 Å². The Morgan fingerprint density at radius 2 is 1.90 bits per heavy atom. The Morgan fingerprint density at radius 1 is 1.19 bits per heavy atom. The second-order valence-corrected chi connectivity index (χ2v) is 5.76. The van der Waals surface area contributed by atoms with Gasteiger partial charge in [-0.05, 0) is 30.7 Å². The molecule has 0 aliphatic heterocycles. The van der Waals surface area contributed by atoms with Crippen LogP contribution in [-0.2, 0) is 0 Å². The van der Waals surface area contributed by atoms with E-state index in [0.717, 1.165) is 4.47 Å². The molecule has 0 unspecified atom stereocenters. The van der Waals surface area contributed by atoms with E-state index in [1.807, 2.05) is 12.1 Å². The molecular weight excluding hydrogens is 359 g/mol. The zero-order valence-electron chi connectivity index (χ0n) is 11.1. The molecule has 2 rings (SSSR count). The zero-order chi connectivity index (χ0) is 15.2. The quantitative estimate of drug-likeness (QED) is 0.510. The minimum absolute atomic E-state index is 0.0331.